The highest BCUT2D eigenvalue weighted by molar-refractivity contribution is 5.55. The molecule has 1 fully saturated rings. The number of nitrogens with zero attached hydrogens (tertiary/aromatic N) is 4. The Kier molecular flexibility index (Phi) is 5.40. The lowest BCUT2D eigenvalue weighted by Gasteiger charge is -2.27. The molecule has 3 aromatic rings. The first-order chi connectivity index (χ1) is 13.4. The van der Waals surface area contributed by atoms with Crippen molar-refractivity contribution >= 4 is 23.5 Å². The molecule has 7 heteroatoms. The molecule has 7 nitrogen and oxygen atoms in total. The lowest BCUT2D eigenvalue weighted by molar-refractivity contribution is 0.122. The molecule has 0 radical (unpaired) electrons. The van der Waals surface area contributed by atoms with Crippen molar-refractivity contribution < 1.29 is 4.74 Å². The maximum atomic E-state index is 5.44. The third-order valence-corrected chi connectivity index (χ3v) is 4.24. The van der Waals surface area contributed by atoms with Crippen LogP contribution in [0.4, 0.5) is 23.5 Å². The average Bonchev–Trinajstić information content (AvgIpc) is 2.74. The first-order valence-electron chi connectivity index (χ1n) is 9.05. The van der Waals surface area contributed by atoms with Gasteiger partial charge in [-0.15, -0.1) is 0 Å². The Hall–Kier alpha value is -3.19. The van der Waals surface area contributed by atoms with Gasteiger partial charge in [-0.2, -0.15) is 15.0 Å². The van der Waals surface area contributed by atoms with Gasteiger partial charge in [0.05, 0.1) is 13.2 Å². The van der Waals surface area contributed by atoms with Gasteiger partial charge in [0.25, 0.3) is 0 Å². The first-order valence-corrected chi connectivity index (χ1v) is 9.05. The quantitative estimate of drug-likeness (QED) is 0.698. The minimum absolute atomic E-state index is 0.522. The van der Waals surface area contributed by atoms with Crippen molar-refractivity contribution in [3.8, 4) is 0 Å². The van der Waals surface area contributed by atoms with Gasteiger partial charge in [-0.25, -0.2) is 0 Å². The molecule has 2 heterocycles. The number of nitrogens with one attached hydrogen (secondary N) is 2. The Balaban J connectivity index is 1.57. The molecule has 0 aliphatic carbocycles. The number of rotatable bonds is 6. The molecule has 0 unspecified atom stereocenters. The van der Waals surface area contributed by atoms with Crippen LogP contribution in [0.5, 0.6) is 0 Å². The van der Waals surface area contributed by atoms with Gasteiger partial charge in [0.1, 0.15) is 0 Å². The highest BCUT2D eigenvalue weighted by Crippen LogP contribution is 2.19. The summed E-state index contributed by atoms with van der Waals surface area (Å²) in [6.45, 7) is 3.55. The maximum Gasteiger partial charge on any atom is 0.233 e. The van der Waals surface area contributed by atoms with Crippen LogP contribution < -0.4 is 15.5 Å². The van der Waals surface area contributed by atoms with Crippen LogP contribution in [0.1, 0.15) is 5.56 Å². The second kappa shape index (κ2) is 8.46. The van der Waals surface area contributed by atoms with E-state index in [9.17, 15) is 0 Å². The Morgan fingerprint density at radius 2 is 1.48 bits per heavy atom. The molecule has 27 heavy (non-hydrogen) atoms. The fraction of sp³-hybridized carbons (Fsp3) is 0.250. The summed E-state index contributed by atoms with van der Waals surface area (Å²) in [5.41, 5.74) is 2.11. The Morgan fingerprint density at radius 1 is 0.815 bits per heavy atom. The lowest BCUT2D eigenvalue weighted by Crippen LogP contribution is -2.37. The van der Waals surface area contributed by atoms with Crippen molar-refractivity contribution in [1.29, 1.82) is 0 Å². The van der Waals surface area contributed by atoms with E-state index in [1.165, 1.54) is 5.56 Å². The van der Waals surface area contributed by atoms with E-state index in [4.69, 9.17) is 4.74 Å². The minimum Gasteiger partial charge on any atom is -0.378 e. The highest BCUT2D eigenvalue weighted by Gasteiger charge is 2.16. The lowest BCUT2D eigenvalue weighted by atomic mass is 10.2. The molecule has 0 saturated carbocycles. The maximum absolute atomic E-state index is 5.44. The van der Waals surface area contributed by atoms with E-state index in [2.05, 4.69) is 42.6 Å². The van der Waals surface area contributed by atoms with Crippen LogP contribution in [0.15, 0.2) is 60.7 Å². The molecule has 1 aliphatic rings. The fourth-order valence-electron chi connectivity index (χ4n) is 2.83. The van der Waals surface area contributed by atoms with Crippen molar-refractivity contribution in [2.24, 2.45) is 0 Å². The van der Waals surface area contributed by atoms with E-state index < -0.39 is 0 Å². The van der Waals surface area contributed by atoms with E-state index in [0.717, 1.165) is 18.8 Å². The molecule has 1 aliphatic heterocycles. The molecule has 0 atom stereocenters. The molecular weight excluding hydrogens is 340 g/mol. The summed E-state index contributed by atoms with van der Waals surface area (Å²) < 4.78 is 5.44. The Bertz CT molecular complexity index is 853. The number of hydrogen-bond acceptors (Lipinski definition) is 7. The third-order valence-electron chi connectivity index (χ3n) is 4.24. The van der Waals surface area contributed by atoms with Gasteiger partial charge in [0.2, 0.25) is 17.8 Å². The van der Waals surface area contributed by atoms with Crippen molar-refractivity contribution in [3.05, 3.63) is 66.2 Å². The van der Waals surface area contributed by atoms with Gasteiger partial charge < -0.3 is 20.3 Å². The molecule has 2 N–H and O–H groups in total. The molecule has 2 aromatic carbocycles. The summed E-state index contributed by atoms with van der Waals surface area (Å²) in [5, 5.41) is 6.57. The van der Waals surface area contributed by atoms with Crippen molar-refractivity contribution in [2.75, 3.05) is 41.8 Å². The summed E-state index contributed by atoms with van der Waals surface area (Å²) in [6, 6.07) is 20.1. The third kappa shape index (κ3) is 4.71. The summed E-state index contributed by atoms with van der Waals surface area (Å²) >= 11 is 0. The molecular formula is C20H22N6O. The fourth-order valence-corrected chi connectivity index (χ4v) is 2.83. The van der Waals surface area contributed by atoms with Gasteiger partial charge in [0, 0.05) is 25.3 Å². The van der Waals surface area contributed by atoms with E-state index in [1.54, 1.807) is 0 Å². The zero-order chi connectivity index (χ0) is 18.3. The molecule has 1 saturated heterocycles. The van der Waals surface area contributed by atoms with Gasteiger partial charge in [-0.05, 0) is 17.7 Å². The summed E-state index contributed by atoms with van der Waals surface area (Å²) in [7, 11) is 0. The molecule has 0 bridgehead atoms. The number of benzene rings is 2. The number of ether oxygens (including phenoxy) is 1. The second-order valence-electron chi connectivity index (χ2n) is 6.21. The number of aromatic nitrogens is 3. The van der Waals surface area contributed by atoms with Gasteiger partial charge >= 0.3 is 0 Å². The highest BCUT2D eigenvalue weighted by atomic mass is 16.5. The van der Waals surface area contributed by atoms with E-state index in [-0.39, 0.29) is 0 Å². The van der Waals surface area contributed by atoms with Gasteiger partial charge in [-0.3, -0.25) is 0 Å². The van der Waals surface area contributed by atoms with Gasteiger partial charge in [0.15, 0.2) is 0 Å². The minimum atomic E-state index is 0.522. The van der Waals surface area contributed by atoms with Crippen molar-refractivity contribution in [2.45, 2.75) is 6.54 Å². The van der Waals surface area contributed by atoms with E-state index in [1.807, 2.05) is 48.5 Å². The Labute approximate surface area is 158 Å². The summed E-state index contributed by atoms with van der Waals surface area (Å²) in [6.07, 6.45) is 0. The van der Waals surface area contributed by atoms with E-state index >= 15 is 0 Å². The van der Waals surface area contributed by atoms with Crippen LogP contribution in [0.25, 0.3) is 0 Å². The smallest absolute Gasteiger partial charge is 0.233 e. The standard InChI is InChI=1S/C20H22N6O/c1-3-7-16(8-4-1)15-21-18-23-19(22-17-9-5-2-6-10-17)25-20(24-18)26-11-13-27-14-12-26/h1-10H,11-15H2,(H2,21,22,23,24,25). The molecule has 138 valence electrons. The second-order valence-corrected chi connectivity index (χ2v) is 6.21. The monoisotopic (exact) mass is 362 g/mol. The van der Waals surface area contributed by atoms with Crippen LogP contribution in [0, 0.1) is 0 Å². The molecule has 0 amide bonds. The van der Waals surface area contributed by atoms with Crippen LogP contribution in [-0.4, -0.2) is 41.3 Å². The van der Waals surface area contributed by atoms with Crippen LogP contribution in [0.3, 0.4) is 0 Å². The molecule has 1 aromatic heterocycles. The summed E-state index contributed by atoms with van der Waals surface area (Å²) in [4.78, 5) is 15.9. The predicted octanol–water partition coefficient (Wildman–Crippen LogP) is 3.06. The van der Waals surface area contributed by atoms with Gasteiger partial charge in [-0.1, -0.05) is 48.5 Å². The molecule has 4 rings (SSSR count). The largest absolute Gasteiger partial charge is 0.378 e. The number of hydrogen-bond donors (Lipinski definition) is 2. The first kappa shape index (κ1) is 17.2. The van der Waals surface area contributed by atoms with Crippen molar-refractivity contribution in [3.63, 3.8) is 0 Å². The van der Waals surface area contributed by atoms with E-state index in [0.29, 0.717) is 37.6 Å². The predicted molar refractivity (Wildman–Crippen MR) is 106 cm³/mol. The van der Waals surface area contributed by atoms with Crippen LogP contribution >= 0.6 is 0 Å². The number of anilines is 4. The molecule has 0 spiro atoms. The average molecular weight is 362 g/mol. The van der Waals surface area contributed by atoms with Crippen LogP contribution in [0.2, 0.25) is 0 Å². The Morgan fingerprint density at radius 3 is 2.22 bits per heavy atom. The zero-order valence-electron chi connectivity index (χ0n) is 15.0. The zero-order valence-corrected chi connectivity index (χ0v) is 15.0. The van der Waals surface area contributed by atoms with Crippen LogP contribution in [-0.2, 0) is 11.3 Å². The SMILES string of the molecule is c1ccc(CNc2nc(Nc3ccccc3)nc(N3CCOCC3)n2)cc1. The normalized spacial score (nSPS) is 14.0. The topological polar surface area (TPSA) is 75.2 Å². The van der Waals surface area contributed by atoms with Crippen molar-refractivity contribution in [1.82, 2.24) is 15.0 Å². The summed E-state index contributed by atoms with van der Waals surface area (Å²) in [5.74, 6) is 1.73. The number of morpholine rings is 1. The number of para-hydroxylation sites is 1.